The van der Waals surface area contributed by atoms with E-state index in [0.717, 1.165) is 11.4 Å². The molecular weight excluding hydrogens is 363 g/mol. The summed E-state index contributed by atoms with van der Waals surface area (Å²) in [6, 6.07) is 25.2. The number of thioether (sulfide) groups is 1. The number of thiocarbonyl (C=S) groups is 1. The summed E-state index contributed by atoms with van der Waals surface area (Å²) in [6.45, 7) is 0.351. The fourth-order valence-corrected chi connectivity index (χ4v) is 3.43. The van der Waals surface area contributed by atoms with Gasteiger partial charge >= 0.3 is 0 Å². The Morgan fingerprint density at radius 3 is 2.31 bits per heavy atom. The molecule has 3 aromatic rings. The van der Waals surface area contributed by atoms with Crippen LogP contribution in [0.5, 0.6) is 0 Å². The molecule has 0 heterocycles. The van der Waals surface area contributed by atoms with E-state index in [0.29, 0.717) is 17.2 Å². The predicted molar refractivity (Wildman–Crippen MR) is 112 cm³/mol. The third kappa shape index (κ3) is 5.58. The number of nitrogens with one attached hydrogen (secondary N) is 2. The molecule has 0 atom stereocenters. The van der Waals surface area contributed by atoms with Gasteiger partial charge in [0, 0.05) is 28.4 Å². The molecule has 2 nitrogen and oxygen atoms in total. The molecule has 5 heteroatoms. The van der Waals surface area contributed by atoms with Crippen LogP contribution in [0.4, 0.5) is 10.1 Å². The third-order valence-electron chi connectivity index (χ3n) is 3.76. The number of rotatable bonds is 6. The molecule has 2 N–H and O–H groups in total. The van der Waals surface area contributed by atoms with Gasteiger partial charge in [0.05, 0.1) is 0 Å². The molecule has 3 aromatic carbocycles. The Hall–Kier alpha value is -2.37. The topological polar surface area (TPSA) is 24.1 Å². The first-order chi connectivity index (χ1) is 12.7. The van der Waals surface area contributed by atoms with Crippen LogP contribution < -0.4 is 10.6 Å². The fourth-order valence-electron chi connectivity index (χ4n) is 2.36. The highest BCUT2D eigenvalue weighted by Crippen LogP contribution is 2.23. The molecular formula is C21H19FN2S2. The number of halogens is 1. The first-order valence-electron chi connectivity index (χ1n) is 8.26. The maximum absolute atomic E-state index is 13.6. The van der Waals surface area contributed by atoms with Crippen LogP contribution in [0.25, 0.3) is 0 Å². The molecule has 0 aliphatic heterocycles. The van der Waals surface area contributed by atoms with E-state index in [1.165, 1.54) is 16.5 Å². The highest BCUT2D eigenvalue weighted by atomic mass is 32.2. The number of hydrogen-bond acceptors (Lipinski definition) is 2. The van der Waals surface area contributed by atoms with Crippen molar-refractivity contribution >= 4 is 34.8 Å². The lowest BCUT2D eigenvalue weighted by Crippen LogP contribution is -2.28. The Kier molecular flexibility index (Phi) is 6.63. The molecule has 26 heavy (non-hydrogen) atoms. The third-order valence-corrected chi connectivity index (χ3v) is 5.09. The van der Waals surface area contributed by atoms with Crippen molar-refractivity contribution in [3.05, 3.63) is 95.8 Å². The van der Waals surface area contributed by atoms with Crippen molar-refractivity contribution in [3.8, 4) is 0 Å². The van der Waals surface area contributed by atoms with Gasteiger partial charge in [-0.2, -0.15) is 0 Å². The van der Waals surface area contributed by atoms with Crippen molar-refractivity contribution < 1.29 is 4.39 Å². The molecule has 0 unspecified atom stereocenters. The van der Waals surface area contributed by atoms with Gasteiger partial charge in [-0.15, -0.1) is 11.8 Å². The molecule has 0 aliphatic rings. The zero-order valence-corrected chi connectivity index (χ0v) is 15.7. The zero-order valence-electron chi connectivity index (χ0n) is 14.1. The van der Waals surface area contributed by atoms with E-state index in [-0.39, 0.29) is 5.82 Å². The maximum Gasteiger partial charge on any atom is 0.171 e. The Labute approximate surface area is 162 Å². The molecule has 0 fully saturated rings. The summed E-state index contributed by atoms with van der Waals surface area (Å²) < 4.78 is 13.6. The Balaban J connectivity index is 1.47. The highest BCUT2D eigenvalue weighted by Gasteiger charge is 2.03. The quantitative estimate of drug-likeness (QED) is 0.428. The molecule has 0 spiro atoms. The van der Waals surface area contributed by atoms with Gasteiger partial charge in [-0.1, -0.05) is 48.5 Å². The van der Waals surface area contributed by atoms with E-state index in [1.54, 1.807) is 23.9 Å². The van der Waals surface area contributed by atoms with Gasteiger partial charge < -0.3 is 10.6 Å². The SMILES string of the molecule is Fc1ccccc1CNC(=S)Nc1ccc(CSc2ccccc2)cc1. The van der Waals surface area contributed by atoms with Crippen LogP contribution in [0, 0.1) is 5.82 Å². The summed E-state index contributed by atoms with van der Waals surface area (Å²) in [7, 11) is 0. The average Bonchev–Trinajstić information content (AvgIpc) is 2.68. The zero-order chi connectivity index (χ0) is 18.2. The second kappa shape index (κ2) is 9.36. The van der Waals surface area contributed by atoms with E-state index in [9.17, 15) is 4.39 Å². The Morgan fingerprint density at radius 1 is 0.885 bits per heavy atom. The lowest BCUT2D eigenvalue weighted by Gasteiger charge is -2.11. The van der Waals surface area contributed by atoms with Crippen LogP contribution in [0.2, 0.25) is 0 Å². The van der Waals surface area contributed by atoms with Crippen LogP contribution in [0.15, 0.2) is 83.8 Å². The summed E-state index contributed by atoms with van der Waals surface area (Å²) in [5.74, 6) is 0.684. The molecule has 0 bridgehead atoms. The predicted octanol–water partition coefficient (Wildman–Crippen LogP) is 5.60. The largest absolute Gasteiger partial charge is 0.358 e. The molecule has 0 amide bonds. The van der Waals surface area contributed by atoms with Crippen molar-refractivity contribution in [1.82, 2.24) is 5.32 Å². The van der Waals surface area contributed by atoms with Crippen LogP contribution in [-0.2, 0) is 12.3 Å². The van der Waals surface area contributed by atoms with Gasteiger partial charge in [0.2, 0.25) is 0 Å². The average molecular weight is 383 g/mol. The molecule has 0 aliphatic carbocycles. The fraction of sp³-hybridized carbons (Fsp3) is 0.0952. The van der Waals surface area contributed by atoms with Gasteiger partial charge in [-0.3, -0.25) is 0 Å². The summed E-state index contributed by atoms with van der Waals surface area (Å²) in [6.07, 6.45) is 0. The van der Waals surface area contributed by atoms with Crippen molar-refractivity contribution in [1.29, 1.82) is 0 Å². The molecule has 0 radical (unpaired) electrons. The summed E-state index contributed by atoms with van der Waals surface area (Å²) >= 11 is 7.08. The minimum atomic E-state index is -0.233. The van der Waals surface area contributed by atoms with Crippen LogP contribution in [0.3, 0.4) is 0 Å². The lowest BCUT2D eigenvalue weighted by molar-refractivity contribution is 0.606. The second-order valence-electron chi connectivity index (χ2n) is 5.70. The summed E-state index contributed by atoms with van der Waals surface area (Å²) in [5.41, 5.74) is 2.74. The second-order valence-corrected chi connectivity index (χ2v) is 7.15. The van der Waals surface area contributed by atoms with Crippen molar-refractivity contribution in [3.63, 3.8) is 0 Å². The monoisotopic (exact) mass is 382 g/mol. The minimum Gasteiger partial charge on any atom is -0.358 e. The summed E-state index contributed by atoms with van der Waals surface area (Å²) in [4.78, 5) is 1.26. The van der Waals surface area contributed by atoms with Gasteiger partial charge in [-0.25, -0.2) is 4.39 Å². The number of benzene rings is 3. The Bertz CT molecular complexity index is 851. The summed E-state index contributed by atoms with van der Waals surface area (Å²) in [5, 5.41) is 6.62. The first kappa shape index (κ1) is 18.4. The molecule has 0 aromatic heterocycles. The smallest absolute Gasteiger partial charge is 0.171 e. The standard InChI is InChI=1S/C21H19FN2S2/c22-20-9-5-4-6-17(20)14-23-21(25)24-18-12-10-16(11-13-18)15-26-19-7-2-1-3-8-19/h1-13H,14-15H2,(H2,23,24,25). The van der Waals surface area contributed by atoms with Gasteiger partial charge in [-0.05, 0) is 48.1 Å². The van der Waals surface area contributed by atoms with Crippen molar-refractivity contribution in [2.75, 3.05) is 5.32 Å². The van der Waals surface area contributed by atoms with Crippen LogP contribution in [0.1, 0.15) is 11.1 Å². The molecule has 3 rings (SSSR count). The van der Waals surface area contributed by atoms with E-state index in [1.807, 2.05) is 36.4 Å². The van der Waals surface area contributed by atoms with E-state index in [4.69, 9.17) is 12.2 Å². The molecule has 0 saturated heterocycles. The van der Waals surface area contributed by atoms with E-state index < -0.39 is 0 Å². The highest BCUT2D eigenvalue weighted by molar-refractivity contribution is 7.98. The molecule has 0 saturated carbocycles. The van der Waals surface area contributed by atoms with Crippen molar-refractivity contribution in [2.45, 2.75) is 17.2 Å². The van der Waals surface area contributed by atoms with Crippen molar-refractivity contribution in [2.24, 2.45) is 0 Å². The number of hydrogen-bond donors (Lipinski definition) is 2. The lowest BCUT2D eigenvalue weighted by atomic mass is 10.2. The maximum atomic E-state index is 13.6. The van der Waals surface area contributed by atoms with Crippen LogP contribution in [-0.4, -0.2) is 5.11 Å². The Morgan fingerprint density at radius 2 is 1.58 bits per heavy atom. The normalized spacial score (nSPS) is 10.3. The van der Waals surface area contributed by atoms with Gasteiger partial charge in [0.25, 0.3) is 0 Å². The van der Waals surface area contributed by atoms with E-state index >= 15 is 0 Å². The minimum absolute atomic E-state index is 0.233. The first-order valence-corrected chi connectivity index (χ1v) is 9.65. The van der Waals surface area contributed by atoms with E-state index in [2.05, 4.69) is 34.9 Å². The van der Waals surface area contributed by atoms with Gasteiger partial charge in [0.15, 0.2) is 5.11 Å². The van der Waals surface area contributed by atoms with Crippen LogP contribution >= 0.6 is 24.0 Å². The van der Waals surface area contributed by atoms with Gasteiger partial charge in [0.1, 0.15) is 5.82 Å². The number of anilines is 1. The molecule has 132 valence electrons.